The van der Waals surface area contributed by atoms with Crippen molar-refractivity contribution in [2.45, 2.75) is 6.42 Å². The van der Waals surface area contributed by atoms with Gasteiger partial charge in [0.15, 0.2) is 18.4 Å². The average Bonchev–Trinajstić information content (AvgIpc) is 3.06. The summed E-state index contributed by atoms with van der Waals surface area (Å²) in [4.78, 5) is 29.0. The van der Waals surface area contributed by atoms with Crippen LogP contribution in [0.15, 0.2) is 6.07 Å². The van der Waals surface area contributed by atoms with Gasteiger partial charge in [0.25, 0.3) is 0 Å². The molecule has 0 aliphatic heterocycles. The first-order valence-corrected chi connectivity index (χ1v) is 10.6. The number of aromatic nitrogens is 2. The lowest BCUT2D eigenvalue weighted by Crippen LogP contribution is -2.36. The van der Waals surface area contributed by atoms with Gasteiger partial charge in [0.05, 0.1) is 39.5 Å². The normalized spacial score (nSPS) is 10.6. The van der Waals surface area contributed by atoms with E-state index in [9.17, 15) is 18.4 Å². The molecule has 0 spiro atoms. The van der Waals surface area contributed by atoms with E-state index in [4.69, 9.17) is 14.7 Å². The standard InChI is InChI=1S/C16H15F2I2N5O4/c1-22-3-2-4-28-16(27)29-8-24(11(26)6-19)15-23-13-10(17)5-9(7-21)12(18)14(13)25(15)20/h5,22H,2-4,6,8H2,1H3. The maximum Gasteiger partial charge on any atom is 0.510 e. The SMILES string of the molecule is CNCCCOC(=O)OCN(C(=O)CI)c1nc2c(F)cc(C#N)c(F)c2n1I. The van der Waals surface area contributed by atoms with Crippen LogP contribution in [0.4, 0.5) is 19.5 Å². The number of imidazole rings is 1. The summed E-state index contributed by atoms with van der Waals surface area (Å²) in [6.07, 6.45) is -0.418. The van der Waals surface area contributed by atoms with Crippen molar-refractivity contribution >= 4 is 74.5 Å². The lowest BCUT2D eigenvalue weighted by Gasteiger charge is -2.19. The molecular formula is C16H15F2I2N5O4. The molecule has 13 heteroatoms. The fraction of sp³-hybridized carbons (Fsp3) is 0.375. The molecule has 0 atom stereocenters. The predicted molar refractivity (Wildman–Crippen MR) is 116 cm³/mol. The summed E-state index contributed by atoms with van der Waals surface area (Å²) in [6, 6.07) is 2.30. The lowest BCUT2D eigenvalue weighted by atomic mass is 10.2. The van der Waals surface area contributed by atoms with E-state index < -0.39 is 36.0 Å². The number of hydrogen-bond acceptors (Lipinski definition) is 7. The van der Waals surface area contributed by atoms with Crippen LogP contribution in [0.3, 0.4) is 0 Å². The highest BCUT2D eigenvalue weighted by Crippen LogP contribution is 2.31. The number of fused-ring (bicyclic) bond motifs is 1. The molecule has 1 aromatic carbocycles. The second-order valence-corrected chi connectivity index (χ2v) is 7.23. The number of benzene rings is 1. The lowest BCUT2D eigenvalue weighted by molar-refractivity contribution is -0.116. The van der Waals surface area contributed by atoms with E-state index in [1.807, 2.05) is 0 Å². The maximum atomic E-state index is 14.5. The van der Waals surface area contributed by atoms with Crippen molar-refractivity contribution in [1.82, 2.24) is 13.1 Å². The third-order valence-electron chi connectivity index (χ3n) is 3.63. The topological polar surface area (TPSA) is 109 Å². The summed E-state index contributed by atoms with van der Waals surface area (Å²) in [6.45, 7) is 0.207. The Morgan fingerprint density at radius 2 is 2.14 bits per heavy atom. The van der Waals surface area contributed by atoms with Crippen LogP contribution >= 0.6 is 45.5 Å². The number of alkyl halides is 1. The fourth-order valence-electron chi connectivity index (χ4n) is 2.26. The smallest absolute Gasteiger partial charge is 0.434 e. The Morgan fingerprint density at radius 1 is 1.41 bits per heavy atom. The van der Waals surface area contributed by atoms with Gasteiger partial charge in [-0.2, -0.15) is 5.26 Å². The summed E-state index contributed by atoms with van der Waals surface area (Å²) in [5.74, 6) is -2.55. The Kier molecular flexibility index (Phi) is 8.77. The zero-order valence-electron chi connectivity index (χ0n) is 15.0. The molecule has 2 rings (SSSR count). The number of nitrogens with zero attached hydrogens (tertiary/aromatic N) is 4. The molecule has 9 nitrogen and oxygen atoms in total. The van der Waals surface area contributed by atoms with Crippen molar-refractivity contribution in [2.24, 2.45) is 0 Å². The molecule has 0 saturated heterocycles. The first-order chi connectivity index (χ1) is 13.8. The third kappa shape index (κ3) is 5.42. The van der Waals surface area contributed by atoms with E-state index in [0.29, 0.717) is 13.0 Å². The molecule has 0 bridgehead atoms. The average molecular weight is 633 g/mol. The van der Waals surface area contributed by atoms with Gasteiger partial charge >= 0.3 is 6.16 Å². The van der Waals surface area contributed by atoms with Crippen LogP contribution in [0.1, 0.15) is 12.0 Å². The second kappa shape index (κ2) is 10.8. The van der Waals surface area contributed by atoms with Crippen molar-refractivity contribution in [3.63, 3.8) is 0 Å². The van der Waals surface area contributed by atoms with Crippen LogP contribution in [0.25, 0.3) is 11.0 Å². The summed E-state index contributed by atoms with van der Waals surface area (Å²) in [7, 11) is 1.76. The molecule has 1 amide bonds. The molecule has 0 aliphatic rings. The van der Waals surface area contributed by atoms with Crippen LogP contribution in [0.2, 0.25) is 0 Å². The molecule has 1 N–H and O–H groups in total. The molecule has 0 radical (unpaired) electrons. The summed E-state index contributed by atoms with van der Waals surface area (Å²) in [5.41, 5.74) is -1.14. The summed E-state index contributed by atoms with van der Waals surface area (Å²) >= 11 is 3.42. The highest BCUT2D eigenvalue weighted by molar-refractivity contribution is 14.1. The largest absolute Gasteiger partial charge is 0.510 e. The Morgan fingerprint density at radius 3 is 2.76 bits per heavy atom. The number of carbonyl (C=O) groups is 2. The van der Waals surface area contributed by atoms with Gasteiger partial charge in [0.1, 0.15) is 17.1 Å². The Balaban J connectivity index is 2.30. The first kappa shape index (κ1) is 23.5. The number of carbonyl (C=O) groups excluding carboxylic acids is 2. The molecule has 2 aromatic rings. The predicted octanol–water partition coefficient (Wildman–Crippen LogP) is 2.87. The van der Waals surface area contributed by atoms with Gasteiger partial charge in [-0.25, -0.2) is 26.2 Å². The summed E-state index contributed by atoms with van der Waals surface area (Å²) < 4.78 is 39.7. The third-order valence-corrected chi connectivity index (χ3v) is 5.20. The number of anilines is 1. The van der Waals surface area contributed by atoms with E-state index in [0.717, 1.165) is 13.7 Å². The number of rotatable bonds is 8. The highest BCUT2D eigenvalue weighted by Gasteiger charge is 2.27. The van der Waals surface area contributed by atoms with Gasteiger partial charge in [-0.1, -0.05) is 22.6 Å². The molecule has 0 fully saturated rings. The van der Waals surface area contributed by atoms with E-state index in [-0.39, 0.29) is 28.0 Å². The van der Waals surface area contributed by atoms with Gasteiger partial charge in [-0.3, -0.25) is 4.79 Å². The fourth-order valence-corrected chi connectivity index (χ4v) is 3.48. The quantitative estimate of drug-likeness (QED) is 0.157. The zero-order chi connectivity index (χ0) is 21.6. The van der Waals surface area contributed by atoms with Crippen molar-refractivity contribution in [2.75, 3.05) is 36.3 Å². The van der Waals surface area contributed by atoms with Crippen LogP contribution in [-0.2, 0) is 14.3 Å². The Labute approximate surface area is 191 Å². The van der Waals surface area contributed by atoms with Gasteiger partial charge in [0, 0.05) is 0 Å². The van der Waals surface area contributed by atoms with E-state index in [1.165, 1.54) is 0 Å². The van der Waals surface area contributed by atoms with E-state index in [1.54, 1.807) is 58.6 Å². The minimum Gasteiger partial charge on any atom is -0.434 e. The Bertz CT molecular complexity index is 963. The molecule has 29 heavy (non-hydrogen) atoms. The molecule has 156 valence electrons. The van der Waals surface area contributed by atoms with Gasteiger partial charge < -0.3 is 14.8 Å². The highest BCUT2D eigenvalue weighted by atomic mass is 127. The van der Waals surface area contributed by atoms with Crippen LogP contribution < -0.4 is 10.2 Å². The number of ether oxygens (including phenoxy) is 2. The van der Waals surface area contributed by atoms with Crippen LogP contribution in [0, 0.1) is 23.0 Å². The number of hydrogen-bond donors (Lipinski definition) is 1. The zero-order valence-corrected chi connectivity index (χ0v) is 19.4. The van der Waals surface area contributed by atoms with Crippen molar-refractivity contribution in [3.05, 3.63) is 23.3 Å². The number of nitrogens with one attached hydrogen (secondary N) is 1. The van der Waals surface area contributed by atoms with Gasteiger partial charge in [0.2, 0.25) is 11.9 Å². The molecular weight excluding hydrogens is 618 g/mol. The Hall–Kier alpha value is -1.80. The van der Waals surface area contributed by atoms with E-state index in [2.05, 4.69) is 10.3 Å². The monoisotopic (exact) mass is 633 g/mol. The number of halogens is 4. The van der Waals surface area contributed by atoms with Gasteiger partial charge in [-0.05, 0) is 26.1 Å². The minimum atomic E-state index is -0.993. The first-order valence-electron chi connectivity index (χ1n) is 8.12. The van der Waals surface area contributed by atoms with E-state index >= 15 is 0 Å². The van der Waals surface area contributed by atoms with Crippen LogP contribution in [-0.4, -0.2) is 51.2 Å². The molecule has 0 saturated carbocycles. The second-order valence-electron chi connectivity index (χ2n) is 5.51. The molecule has 1 heterocycles. The van der Waals surface area contributed by atoms with Crippen molar-refractivity contribution in [3.8, 4) is 6.07 Å². The molecule has 1 aromatic heterocycles. The van der Waals surface area contributed by atoms with Crippen LogP contribution in [0.5, 0.6) is 0 Å². The summed E-state index contributed by atoms with van der Waals surface area (Å²) in [5, 5.41) is 11.8. The minimum absolute atomic E-state index is 0.00735. The molecule has 0 unspecified atom stereocenters. The number of nitriles is 1. The van der Waals surface area contributed by atoms with Crippen molar-refractivity contribution < 1.29 is 27.8 Å². The van der Waals surface area contributed by atoms with Crippen molar-refractivity contribution in [1.29, 1.82) is 5.26 Å². The maximum absolute atomic E-state index is 14.5. The van der Waals surface area contributed by atoms with Gasteiger partial charge in [-0.15, -0.1) is 0 Å². The number of amides is 1. The molecule has 0 aliphatic carbocycles.